The zero-order valence-electron chi connectivity index (χ0n) is 8.27. The summed E-state index contributed by atoms with van der Waals surface area (Å²) in [6, 6.07) is 3.14. The van der Waals surface area contributed by atoms with Crippen molar-refractivity contribution in [2.24, 2.45) is 0 Å². The van der Waals surface area contributed by atoms with Crippen molar-refractivity contribution in [2.45, 2.75) is 23.7 Å². The fourth-order valence-electron chi connectivity index (χ4n) is 1.14. The monoisotopic (exact) mass is 252 g/mol. The fraction of sp³-hybridized carbons (Fsp3) is 0.300. The Labute approximate surface area is 93.8 Å². The van der Waals surface area contributed by atoms with Crippen LogP contribution in [0.1, 0.15) is 12.5 Å². The zero-order valence-corrected chi connectivity index (χ0v) is 9.08. The number of carbonyl (C=O) groups is 1. The third-order valence-electron chi connectivity index (χ3n) is 1.70. The average Bonchev–Trinajstić information content (AvgIpc) is 2.06. The molecule has 1 aromatic rings. The lowest BCUT2D eigenvalue weighted by atomic mass is 10.1. The molecule has 0 N–H and O–H groups in total. The highest BCUT2D eigenvalue weighted by atomic mass is 32.2. The maximum absolute atomic E-state index is 13.3. The molecule has 0 fully saturated rings. The number of benzene rings is 1. The Morgan fingerprint density at radius 2 is 2.00 bits per heavy atom. The van der Waals surface area contributed by atoms with Crippen LogP contribution in [-0.2, 0) is 11.2 Å². The van der Waals surface area contributed by atoms with Crippen LogP contribution in [0.15, 0.2) is 23.1 Å². The average molecular weight is 252 g/mol. The number of carbonyl (C=O) groups excluding carboxylic acids is 1. The Morgan fingerprint density at radius 1 is 1.38 bits per heavy atom. The number of Topliss-reactive ketones (excluding diaryl/α,β-unsaturated/α-hetero) is 1. The maximum atomic E-state index is 13.3. The van der Waals surface area contributed by atoms with E-state index in [1.54, 1.807) is 0 Å². The van der Waals surface area contributed by atoms with E-state index in [0.29, 0.717) is 0 Å². The molecule has 6 heteroatoms. The van der Waals surface area contributed by atoms with Crippen LogP contribution in [0.2, 0.25) is 0 Å². The van der Waals surface area contributed by atoms with Crippen LogP contribution in [-0.4, -0.2) is 11.3 Å². The smallest absolute Gasteiger partial charge is 0.300 e. The topological polar surface area (TPSA) is 17.1 Å². The Kier molecular flexibility index (Phi) is 3.96. The van der Waals surface area contributed by atoms with Crippen molar-refractivity contribution < 1.29 is 22.4 Å². The van der Waals surface area contributed by atoms with Gasteiger partial charge in [0.25, 0.3) is 0 Å². The van der Waals surface area contributed by atoms with E-state index < -0.39 is 11.3 Å². The predicted octanol–water partition coefficient (Wildman–Crippen LogP) is 3.57. The molecule has 1 aromatic carbocycles. The maximum Gasteiger partial charge on any atom is 0.446 e. The molecule has 16 heavy (non-hydrogen) atoms. The molecule has 0 aliphatic heterocycles. The van der Waals surface area contributed by atoms with Crippen LogP contribution in [0.3, 0.4) is 0 Å². The first kappa shape index (κ1) is 13.0. The minimum atomic E-state index is -4.44. The van der Waals surface area contributed by atoms with E-state index in [2.05, 4.69) is 0 Å². The molecule has 0 bridgehead atoms. The molecular formula is C10H8F4OS. The predicted molar refractivity (Wildman–Crippen MR) is 52.7 cm³/mol. The van der Waals surface area contributed by atoms with Crippen molar-refractivity contribution >= 4 is 17.5 Å². The Morgan fingerprint density at radius 3 is 2.44 bits per heavy atom. The Hall–Kier alpha value is -1.04. The second kappa shape index (κ2) is 4.86. The van der Waals surface area contributed by atoms with E-state index in [4.69, 9.17) is 0 Å². The third kappa shape index (κ3) is 4.22. The number of halogens is 4. The molecule has 0 heterocycles. The van der Waals surface area contributed by atoms with E-state index in [9.17, 15) is 22.4 Å². The van der Waals surface area contributed by atoms with Gasteiger partial charge in [0.15, 0.2) is 0 Å². The second-order valence-electron chi connectivity index (χ2n) is 3.18. The summed E-state index contributed by atoms with van der Waals surface area (Å²) in [6.07, 6.45) is -0.108. The molecule has 0 saturated heterocycles. The molecule has 0 aromatic heterocycles. The highest BCUT2D eigenvalue weighted by molar-refractivity contribution is 8.00. The van der Waals surface area contributed by atoms with Crippen molar-refractivity contribution in [3.05, 3.63) is 29.6 Å². The van der Waals surface area contributed by atoms with Crippen LogP contribution in [0.25, 0.3) is 0 Å². The first-order valence-electron chi connectivity index (χ1n) is 4.31. The minimum Gasteiger partial charge on any atom is -0.300 e. The molecule has 1 nitrogen and oxygen atoms in total. The van der Waals surface area contributed by atoms with E-state index in [0.717, 1.165) is 12.1 Å². The summed E-state index contributed by atoms with van der Waals surface area (Å²) in [5.41, 5.74) is -4.33. The molecule has 0 aliphatic rings. The van der Waals surface area contributed by atoms with Gasteiger partial charge in [-0.1, -0.05) is 6.07 Å². The summed E-state index contributed by atoms with van der Waals surface area (Å²) in [4.78, 5) is 10.5. The largest absolute Gasteiger partial charge is 0.446 e. The molecule has 88 valence electrons. The molecule has 0 saturated carbocycles. The number of rotatable bonds is 3. The standard InChI is InChI=1S/C10H8F4OS/c1-6(15)4-7-2-3-8(5-9(7)11)16-10(12,13)14/h2-3,5H,4H2,1H3. The van der Waals surface area contributed by atoms with Crippen LogP contribution >= 0.6 is 11.8 Å². The van der Waals surface area contributed by atoms with E-state index >= 15 is 0 Å². The van der Waals surface area contributed by atoms with Crippen molar-refractivity contribution in [1.29, 1.82) is 0 Å². The van der Waals surface area contributed by atoms with Gasteiger partial charge in [0.2, 0.25) is 0 Å². The Bertz CT molecular complexity index is 400. The highest BCUT2D eigenvalue weighted by Gasteiger charge is 2.29. The molecule has 0 amide bonds. The highest BCUT2D eigenvalue weighted by Crippen LogP contribution is 2.37. The lowest BCUT2D eigenvalue weighted by molar-refractivity contribution is -0.116. The first-order valence-corrected chi connectivity index (χ1v) is 5.13. The van der Waals surface area contributed by atoms with Gasteiger partial charge in [-0.3, -0.25) is 4.79 Å². The van der Waals surface area contributed by atoms with Gasteiger partial charge in [0.05, 0.1) is 0 Å². The Balaban J connectivity index is 2.87. The van der Waals surface area contributed by atoms with Gasteiger partial charge in [-0.05, 0) is 36.4 Å². The lowest BCUT2D eigenvalue weighted by Crippen LogP contribution is -2.02. The number of hydrogen-bond acceptors (Lipinski definition) is 2. The van der Waals surface area contributed by atoms with E-state index in [1.807, 2.05) is 0 Å². The summed E-state index contributed by atoms with van der Waals surface area (Å²) in [5, 5.41) is 0. The van der Waals surface area contributed by atoms with Crippen LogP contribution in [0.4, 0.5) is 17.6 Å². The van der Waals surface area contributed by atoms with Crippen molar-refractivity contribution in [2.75, 3.05) is 0 Å². The first-order chi connectivity index (χ1) is 7.28. The molecule has 0 radical (unpaired) electrons. The second-order valence-corrected chi connectivity index (χ2v) is 4.32. The molecule has 0 spiro atoms. The number of ketones is 1. The van der Waals surface area contributed by atoms with Crippen molar-refractivity contribution in [1.82, 2.24) is 0 Å². The van der Waals surface area contributed by atoms with Gasteiger partial charge in [-0.2, -0.15) is 13.2 Å². The number of alkyl halides is 3. The van der Waals surface area contributed by atoms with Gasteiger partial charge in [0, 0.05) is 11.3 Å². The minimum absolute atomic E-state index is 0.108. The summed E-state index contributed by atoms with van der Waals surface area (Å²) in [6.45, 7) is 1.29. The zero-order chi connectivity index (χ0) is 12.3. The lowest BCUT2D eigenvalue weighted by Gasteiger charge is -2.07. The molecule has 1 rings (SSSR count). The summed E-state index contributed by atoms with van der Waals surface area (Å²) in [7, 11) is 0. The van der Waals surface area contributed by atoms with Crippen LogP contribution in [0.5, 0.6) is 0 Å². The number of hydrogen-bond donors (Lipinski definition) is 0. The van der Waals surface area contributed by atoms with Gasteiger partial charge < -0.3 is 0 Å². The third-order valence-corrected chi connectivity index (χ3v) is 2.42. The quantitative estimate of drug-likeness (QED) is 0.604. The van der Waals surface area contributed by atoms with Crippen molar-refractivity contribution in [3.8, 4) is 0 Å². The molecule has 0 aliphatic carbocycles. The van der Waals surface area contributed by atoms with Gasteiger partial charge in [0.1, 0.15) is 11.6 Å². The molecule has 0 unspecified atom stereocenters. The molecular weight excluding hydrogens is 244 g/mol. The van der Waals surface area contributed by atoms with Crippen LogP contribution < -0.4 is 0 Å². The van der Waals surface area contributed by atoms with Crippen molar-refractivity contribution in [3.63, 3.8) is 0 Å². The van der Waals surface area contributed by atoms with E-state index in [-0.39, 0.29) is 34.4 Å². The van der Waals surface area contributed by atoms with Gasteiger partial charge >= 0.3 is 5.51 Å². The SMILES string of the molecule is CC(=O)Cc1ccc(SC(F)(F)F)cc1F. The summed E-state index contributed by atoms with van der Waals surface area (Å²) in [5.74, 6) is -1.03. The van der Waals surface area contributed by atoms with Gasteiger partial charge in [-0.15, -0.1) is 0 Å². The van der Waals surface area contributed by atoms with Crippen LogP contribution in [0, 0.1) is 5.82 Å². The number of thioether (sulfide) groups is 1. The summed E-state index contributed by atoms with van der Waals surface area (Å²) >= 11 is -0.382. The van der Waals surface area contributed by atoms with E-state index in [1.165, 1.54) is 13.0 Å². The fourth-order valence-corrected chi connectivity index (χ4v) is 1.70. The summed E-state index contributed by atoms with van der Waals surface area (Å²) < 4.78 is 49.2. The van der Waals surface area contributed by atoms with Gasteiger partial charge in [-0.25, -0.2) is 4.39 Å². The molecule has 0 atom stereocenters. The normalized spacial score (nSPS) is 11.6.